The number of hydrogen-bond donors (Lipinski definition) is 1. The van der Waals surface area contributed by atoms with Crippen LogP contribution in [0.2, 0.25) is 0 Å². The maximum atomic E-state index is 11.9. The standard InChI is InChI=1S/C19H26O3S/c1-11(2)14-9-17-16(18(10-14)23(20,21)22)8-7-15(12(3)4)19(17)13(5)6/h7-13H,1-6H3,(H,20,21,22). The molecule has 0 aliphatic rings. The molecular weight excluding hydrogens is 308 g/mol. The third-order valence-electron chi connectivity index (χ3n) is 4.34. The predicted molar refractivity (Wildman–Crippen MR) is 96.0 cm³/mol. The van der Waals surface area contributed by atoms with Crippen molar-refractivity contribution in [3.63, 3.8) is 0 Å². The van der Waals surface area contributed by atoms with Crippen LogP contribution in [0.5, 0.6) is 0 Å². The molecule has 1 N–H and O–H groups in total. The molecule has 0 aromatic heterocycles. The number of hydrogen-bond acceptors (Lipinski definition) is 2. The molecule has 0 saturated heterocycles. The van der Waals surface area contributed by atoms with Gasteiger partial charge in [0, 0.05) is 5.39 Å². The molecule has 0 aliphatic heterocycles. The highest BCUT2D eigenvalue weighted by atomic mass is 32.2. The van der Waals surface area contributed by atoms with Crippen molar-refractivity contribution in [2.75, 3.05) is 0 Å². The van der Waals surface area contributed by atoms with E-state index in [2.05, 4.69) is 33.8 Å². The fourth-order valence-electron chi connectivity index (χ4n) is 3.16. The third kappa shape index (κ3) is 3.43. The Labute approximate surface area is 139 Å². The lowest BCUT2D eigenvalue weighted by Gasteiger charge is -2.21. The van der Waals surface area contributed by atoms with E-state index in [1.54, 1.807) is 6.07 Å². The van der Waals surface area contributed by atoms with Crippen LogP contribution in [0.15, 0.2) is 29.2 Å². The van der Waals surface area contributed by atoms with Crippen molar-refractivity contribution in [2.24, 2.45) is 0 Å². The van der Waals surface area contributed by atoms with E-state index in [1.807, 2.05) is 26.0 Å². The second-order valence-electron chi connectivity index (χ2n) is 7.12. The highest BCUT2D eigenvalue weighted by molar-refractivity contribution is 7.86. The van der Waals surface area contributed by atoms with Gasteiger partial charge in [0.25, 0.3) is 10.1 Å². The molecule has 2 aromatic rings. The van der Waals surface area contributed by atoms with Gasteiger partial charge in [0.15, 0.2) is 0 Å². The minimum atomic E-state index is -4.26. The van der Waals surface area contributed by atoms with E-state index in [-0.39, 0.29) is 16.7 Å². The van der Waals surface area contributed by atoms with Gasteiger partial charge in [0.05, 0.1) is 0 Å². The molecule has 0 radical (unpaired) electrons. The molecular formula is C19H26O3S. The van der Waals surface area contributed by atoms with Crippen molar-refractivity contribution >= 4 is 20.9 Å². The van der Waals surface area contributed by atoms with Gasteiger partial charge in [0.1, 0.15) is 4.90 Å². The van der Waals surface area contributed by atoms with Crippen LogP contribution >= 0.6 is 0 Å². The van der Waals surface area contributed by atoms with Crippen molar-refractivity contribution in [2.45, 2.75) is 64.2 Å². The minimum Gasteiger partial charge on any atom is -0.282 e. The monoisotopic (exact) mass is 334 g/mol. The second-order valence-corrected chi connectivity index (χ2v) is 8.51. The van der Waals surface area contributed by atoms with Gasteiger partial charge in [-0.05, 0) is 45.9 Å². The Morgan fingerprint density at radius 2 is 1.43 bits per heavy atom. The van der Waals surface area contributed by atoms with Crippen LogP contribution in [0.3, 0.4) is 0 Å². The molecule has 126 valence electrons. The maximum Gasteiger partial charge on any atom is 0.295 e. The maximum absolute atomic E-state index is 11.9. The Kier molecular flexibility index (Phi) is 4.88. The summed E-state index contributed by atoms with van der Waals surface area (Å²) in [6, 6.07) is 7.49. The number of rotatable bonds is 4. The highest BCUT2D eigenvalue weighted by Gasteiger charge is 2.21. The van der Waals surface area contributed by atoms with E-state index in [1.165, 1.54) is 11.1 Å². The Bertz CT molecular complexity index is 831. The zero-order valence-electron chi connectivity index (χ0n) is 14.7. The van der Waals surface area contributed by atoms with Crippen molar-refractivity contribution < 1.29 is 13.0 Å². The molecule has 0 heterocycles. The Balaban J connectivity index is 3.03. The Morgan fingerprint density at radius 1 is 0.826 bits per heavy atom. The Morgan fingerprint density at radius 3 is 1.87 bits per heavy atom. The highest BCUT2D eigenvalue weighted by Crippen LogP contribution is 2.37. The summed E-state index contributed by atoms with van der Waals surface area (Å²) >= 11 is 0. The van der Waals surface area contributed by atoms with Crippen LogP contribution in [0.25, 0.3) is 10.8 Å². The summed E-state index contributed by atoms with van der Waals surface area (Å²) in [5.41, 5.74) is 3.33. The fourth-order valence-corrected chi connectivity index (χ4v) is 3.90. The van der Waals surface area contributed by atoms with Gasteiger partial charge < -0.3 is 0 Å². The summed E-state index contributed by atoms with van der Waals surface area (Å²) in [5, 5.41) is 1.54. The van der Waals surface area contributed by atoms with Crippen molar-refractivity contribution in [1.82, 2.24) is 0 Å². The largest absolute Gasteiger partial charge is 0.295 e. The van der Waals surface area contributed by atoms with Gasteiger partial charge in [0.2, 0.25) is 0 Å². The van der Waals surface area contributed by atoms with Crippen molar-refractivity contribution in [3.05, 3.63) is 41.0 Å². The van der Waals surface area contributed by atoms with Gasteiger partial charge >= 0.3 is 0 Å². The summed E-state index contributed by atoms with van der Waals surface area (Å²) in [6.07, 6.45) is 0. The topological polar surface area (TPSA) is 54.4 Å². The van der Waals surface area contributed by atoms with Gasteiger partial charge in [-0.1, -0.05) is 59.7 Å². The van der Waals surface area contributed by atoms with E-state index >= 15 is 0 Å². The third-order valence-corrected chi connectivity index (χ3v) is 5.23. The summed E-state index contributed by atoms with van der Waals surface area (Å²) in [5.74, 6) is 0.809. The van der Waals surface area contributed by atoms with Gasteiger partial charge in [-0.25, -0.2) is 0 Å². The van der Waals surface area contributed by atoms with Crippen molar-refractivity contribution in [3.8, 4) is 0 Å². The first kappa shape index (κ1) is 18.0. The first-order valence-electron chi connectivity index (χ1n) is 8.12. The average Bonchev–Trinajstić information content (AvgIpc) is 2.42. The van der Waals surface area contributed by atoms with E-state index in [0.29, 0.717) is 11.3 Å². The quantitative estimate of drug-likeness (QED) is 0.756. The van der Waals surface area contributed by atoms with E-state index in [9.17, 15) is 13.0 Å². The molecule has 0 unspecified atom stereocenters. The zero-order valence-corrected chi connectivity index (χ0v) is 15.5. The van der Waals surface area contributed by atoms with Gasteiger partial charge in [-0.15, -0.1) is 0 Å². The first-order chi connectivity index (χ1) is 10.5. The van der Waals surface area contributed by atoms with Crippen LogP contribution in [-0.4, -0.2) is 13.0 Å². The summed E-state index contributed by atoms with van der Waals surface area (Å²) in [4.78, 5) is 0.0101. The second kappa shape index (κ2) is 6.25. The molecule has 3 nitrogen and oxygen atoms in total. The molecule has 0 saturated carbocycles. The summed E-state index contributed by atoms with van der Waals surface area (Å²) < 4.78 is 33.4. The predicted octanol–water partition coefficient (Wildman–Crippen LogP) is 5.46. The van der Waals surface area contributed by atoms with Crippen LogP contribution in [0.1, 0.15) is 76.0 Å². The Hall–Kier alpha value is -1.39. The van der Waals surface area contributed by atoms with Crippen molar-refractivity contribution in [1.29, 1.82) is 0 Å². The normalized spacial score (nSPS) is 12.8. The molecule has 0 fully saturated rings. The smallest absolute Gasteiger partial charge is 0.282 e. The van der Waals surface area contributed by atoms with Gasteiger partial charge in [-0.3, -0.25) is 4.55 Å². The summed E-state index contributed by atoms with van der Waals surface area (Å²) in [6.45, 7) is 12.6. The summed E-state index contributed by atoms with van der Waals surface area (Å²) in [7, 11) is -4.26. The molecule has 4 heteroatoms. The first-order valence-corrected chi connectivity index (χ1v) is 9.56. The molecule has 0 amide bonds. The van der Waals surface area contributed by atoms with Crippen LogP contribution in [0.4, 0.5) is 0 Å². The zero-order chi connectivity index (χ0) is 17.5. The molecule has 23 heavy (non-hydrogen) atoms. The van der Waals surface area contributed by atoms with E-state index in [0.717, 1.165) is 10.9 Å². The number of benzene rings is 2. The SMILES string of the molecule is CC(C)c1cc(S(=O)(=O)O)c2ccc(C(C)C)c(C(C)C)c2c1. The molecule has 2 aromatic carbocycles. The lowest BCUT2D eigenvalue weighted by Crippen LogP contribution is -2.05. The van der Waals surface area contributed by atoms with Crippen LogP contribution in [-0.2, 0) is 10.1 Å². The average molecular weight is 334 g/mol. The molecule has 0 bridgehead atoms. The van der Waals surface area contributed by atoms with Crippen LogP contribution in [0, 0.1) is 0 Å². The number of fused-ring (bicyclic) bond motifs is 1. The molecule has 0 spiro atoms. The lowest BCUT2D eigenvalue weighted by atomic mass is 9.85. The molecule has 0 atom stereocenters. The molecule has 0 aliphatic carbocycles. The fraction of sp³-hybridized carbons (Fsp3) is 0.474. The van der Waals surface area contributed by atoms with Crippen LogP contribution < -0.4 is 0 Å². The van der Waals surface area contributed by atoms with E-state index < -0.39 is 10.1 Å². The lowest BCUT2D eigenvalue weighted by molar-refractivity contribution is 0.484. The van der Waals surface area contributed by atoms with E-state index in [4.69, 9.17) is 0 Å². The minimum absolute atomic E-state index is 0.0101. The molecule has 2 rings (SSSR count). The van der Waals surface area contributed by atoms with Gasteiger partial charge in [-0.2, -0.15) is 8.42 Å².